The third-order valence-corrected chi connectivity index (χ3v) is 5.38. The zero-order chi connectivity index (χ0) is 21.0. The molecule has 0 saturated heterocycles. The number of nitrogens with one attached hydrogen (secondary N) is 1. The largest absolute Gasteiger partial charge is 0.465 e. The summed E-state index contributed by atoms with van der Waals surface area (Å²) in [5, 5.41) is 21.2. The molecule has 152 valence electrons. The van der Waals surface area contributed by atoms with Crippen molar-refractivity contribution in [1.29, 1.82) is 0 Å². The molecule has 0 aliphatic heterocycles. The molecular weight excluding hydrogens is 426 g/mol. The Morgan fingerprint density at radius 1 is 1.41 bits per heavy atom. The van der Waals surface area contributed by atoms with Gasteiger partial charge in [0.05, 0.1) is 28.9 Å². The van der Waals surface area contributed by atoms with Gasteiger partial charge in [-0.3, -0.25) is 29.6 Å². The lowest BCUT2D eigenvalue weighted by Crippen LogP contribution is -2.24. The van der Waals surface area contributed by atoms with Crippen LogP contribution >= 0.6 is 23.1 Å². The molecule has 0 aliphatic carbocycles. The molecule has 1 N–H and O–H groups in total. The number of hydrogen-bond acceptors (Lipinski definition) is 11. The van der Waals surface area contributed by atoms with Crippen molar-refractivity contribution < 1.29 is 23.7 Å². The molecular formula is C15H13N5O7S2. The summed E-state index contributed by atoms with van der Waals surface area (Å²) in [5.74, 6) is -1.70. The molecule has 0 aliphatic rings. The Morgan fingerprint density at radius 2 is 2.21 bits per heavy atom. The van der Waals surface area contributed by atoms with Crippen LogP contribution in [0.4, 0.5) is 10.8 Å². The number of amides is 1. The number of carbonyl (C=O) groups is 2. The van der Waals surface area contributed by atoms with E-state index < -0.39 is 16.6 Å². The van der Waals surface area contributed by atoms with Gasteiger partial charge in [-0.2, -0.15) is 0 Å². The summed E-state index contributed by atoms with van der Waals surface area (Å²) in [4.78, 5) is 45.8. The van der Waals surface area contributed by atoms with E-state index in [1.165, 1.54) is 12.1 Å². The number of ether oxygens (including phenoxy) is 1. The monoisotopic (exact) mass is 439 g/mol. The van der Waals surface area contributed by atoms with Crippen LogP contribution in [0.1, 0.15) is 6.92 Å². The first-order valence-corrected chi connectivity index (χ1v) is 9.87. The van der Waals surface area contributed by atoms with E-state index in [-0.39, 0.29) is 46.8 Å². The van der Waals surface area contributed by atoms with Gasteiger partial charge in [0.1, 0.15) is 6.54 Å². The van der Waals surface area contributed by atoms with Crippen molar-refractivity contribution >= 4 is 56.9 Å². The lowest BCUT2D eigenvalue weighted by Gasteiger charge is -2.02. The van der Waals surface area contributed by atoms with Crippen LogP contribution in [0.3, 0.4) is 0 Å². The average Bonchev–Trinajstić information content (AvgIpc) is 3.24. The number of anilines is 1. The smallest absolute Gasteiger partial charge is 0.420 e. The van der Waals surface area contributed by atoms with E-state index in [9.17, 15) is 24.5 Å². The fourth-order valence-corrected chi connectivity index (χ4v) is 3.83. The van der Waals surface area contributed by atoms with Gasteiger partial charge in [0.15, 0.2) is 9.92 Å². The van der Waals surface area contributed by atoms with E-state index in [1.54, 1.807) is 6.92 Å². The van der Waals surface area contributed by atoms with E-state index in [4.69, 9.17) is 9.15 Å². The molecule has 3 rings (SSSR count). The molecule has 29 heavy (non-hydrogen) atoms. The molecule has 1 aromatic carbocycles. The number of thioether (sulfide) groups is 1. The molecule has 0 spiro atoms. The second kappa shape index (κ2) is 8.83. The highest BCUT2D eigenvalue weighted by Gasteiger charge is 2.17. The second-order valence-corrected chi connectivity index (χ2v) is 7.58. The molecule has 0 fully saturated rings. The van der Waals surface area contributed by atoms with Gasteiger partial charge < -0.3 is 9.15 Å². The SMILES string of the molecule is CCOC(=O)CSc1nnc(NC(=O)Cn2c(=O)oc3cc([N+](=O)[O-])ccc32)s1. The first kappa shape index (κ1) is 20.5. The van der Waals surface area contributed by atoms with Crippen molar-refractivity contribution in [2.75, 3.05) is 17.7 Å². The van der Waals surface area contributed by atoms with Crippen LogP contribution in [0.25, 0.3) is 11.1 Å². The molecule has 0 unspecified atom stereocenters. The van der Waals surface area contributed by atoms with E-state index in [1.807, 2.05) is 0 Å². The van der Waals surface area contributed by atoms with Crippen molar-refractivity contribution in [2.45, 2.75) is 17.8 Å². The first-order chi connectivity index (χ1) is 13.9. The third kappa shape index (κ3) is 4.97. The minimum absolute atomic E-state index is 0.00515. The summed E-state index contributed by atoms with van der Waals surface area (Å²) in [6, 6.07) is 3.66. The molecule has 0 radical (unpaired) electrons. The first-order valence-electron chi connectivity index (χ1n) is 8.07. The minimum Gasteiger partial charge on any atom is -0.465 e. The molecule has 0 atom stereocenters. The highest BCUT2D eigenvalue weighted by Crippen LogP contribution is 2.25. The van der Waals surface area contributed by atoms with Crippen LogP contribution in [-0.2, 0) is 20.9 Å². The quantitative estimate of drug-likeness (QED) is 0.180. The zero-order valence-corrected chi connectivity index (χ0v) is 16.4. The van der Waals surface area contributed by atoms with Crippen molar-refractivity contribution in [1.82, 2.24) is 14.8 Å². The maximum absolute atomic E-state index is 12.2. The molecule has 14 heteroatoms. The molecule has 12 nitrogen and oxygen atoms in total. The standard InChI is InChI=1S/C15H13N5O7S2/c1-2-26-12(22)7-28-14-18-17-13(29-14)16-11(21)6-19-9-4-3-8(20(24)25)5-10(9)27-15(19)23/h3-5H,2,6-7H2,1H3,(H,16,17,21). The summed E-state index contributed by atoms with van der Waals surface area (Å²) >= 11 is 2.19. The summed E-state index contributed by atoms with van der Waals surface area (Å²) in [7, 11) is 0. The lowest BCUT2D eigenvalue weighted by atomic mass is 10.3. The summed E-state index contributed by atoms with van der Waals surface area (Å²) < 4.78 is 11.3. The number of nitro groups is 1. The Bertz CT molecular complexity index is 1140. The topological polar surface area (TPSA) is 159 Å². The van der Waals surface area contributed by atoms with Gasteiger partial charge >= 0.3 is 11.7 Å². The maximum atomic E-state index is 12.2. The predicted molar refractivity (Wildman–Crippen MR) is 103 cm³/mol. The Balaban J connectivity index is 1.65. The van der Waals surface area contributed by atoms with Crippen LogP contribution in [0.2, 0.25) is 0 Å². The van der Waals surface area contributed by atoms with E-state index in [0.29, 0.717) is 4.34 Å². The van der Waals surface area contributed by atoms with Crippen molar-refractivity contribution in [2.24, 2.45) is 0 Å². The normalized spacial score (nSPS) is 10.8. The molecule has 2 aromatic heterocycles. The van der Waals surface area contributed by atoms with Gasteiger partial charge in [-0.25, -0.2) is 4.79 Å². The fraction of sp³-hybridized carbons (Fsp3) is 0.267. The Labute approximate surface area is 170 Å². The Hall–Kier alpha value is -3.26. The van der Waals surface area contributed by atoms with Crippen LogP contribution in [0, 0.1) is 10.1 Å². The van der Waals surface area contributed by atoms with E-state index >= 15 is 0 Å². The molecule has 1 amide bonds. The van der Waals surface area contributed by atoms with Gasteiger partial charge in [-0.05, 0) is 13.0 Å². The van der Waals surface area contributed by atoms with E-state index in [2.05, 4.69) is 15.5 Å². The number of aromatic nitrogens is 3. The number of nitrogens with zero attached hydrogens (tertiary/aromatic N) is 4. The van der Waals surface area contributed by atoms with Crippen LogP contribution in [0.5, 0.6) is 0 Å². The minimum atomic E-state index is -0.821. The highest BCUT2D eigenvalue weighted by molar-refractivity contribution is 8.01. The third-order valence-electron chi connectivity index (χ3n) is 3.44. The average molecular weight is 439 g/mol. The number of esters is 1. The molecule has 2 heterocycles. The zero-order valence-electron chi connectivity index (χ0n) is 14.8. The number of hydrogen-bond donors (Lipinski definition) is 1. The number of rotatable bonds is 8. The van der Waals surface area contributed by atoms with Crippen molar-refractivity contribution in [3.63, 3.8) is 0 Å². The molecule has 3 aromatic rings. The summed E-state index contributed by atoms with van der Waals surface area (Å²) in [5.41, 5.74) is 0.0221. The second-order valence-electron chi connectivity index (χ2n) is 5.38. The van der Waals surface area contributed by atoms with Gasteiger partial charge in [-0.1, -0.05) is 23.1 Å². The number of oxazole rings is 1. The number of non-ortho nitro benzene ring substituents is 1. The van der Waals surface area contributed by atoms with Gasteiger partial charge in [-0.15, -0.1) is 10.2 Å². The fourth-order valence-electron chi connectivity index (χ4n) is 2.26. The van der Waals surface area contributed by atoms with Crippen molar-refractivity contribution in [3.8, 4) is 0 Å². The maximum Gasteiger partial charge on any atom is 0.420 e. The number of nitro benzene ring substituents is 1. The van der Waals surface area contributed by atoms with Gasteiger partial charge in [0, 0.05) is 6.07 Å². The number of carbonyl (C=O) groups excluding carboxylic acids is 2. The number of fused-ring (bicyclic) bond motifs is 1. The van der Waals surface area contributed by atoms with Crippen LogP contribution in [-0.4, -0.2) is 43.9 Å². The van der Waals surface area contributed by atoms with Gasteiger partial charge in [0.2, 0.25) is 11.0 Å². The van der Waals surface area contributed by atoms with Gasteiger partial charge in [0.25, 0.3) is 5.69 Å². The number of benzene rings is 1. The summed E-state index contributed by atoms with van der Waals surface area (Å²) in [6.45, 7) is 1.61. The van der Waals surface area contributed by atoms with Crippen LogP contribution < -0.4 is 11.1 Å². The van der Waals surface area contributed by atoms with Crippen molar-refractivity contribution in [3.05, 3.63) is 38.9 Å². The Morgan fingerprint density at radius 3 is 2.93 bits per heavy atom. The molecule has 0 bridgehead atoms. The Kier molecular flexibility index (Phi) is 6.23. The summed E-state index contributed by atoms with van der Waals surface area (Å²) in [6.07, 6.45) is 0. The lowest BCUT2D eigenvalue weighted by molar-refractivity contribution is -0.384. The van der Waals surface area contributed by atoms with E-state index in [0.717, 1.165) is 33.7 Å². The van der Waals surface area contributed by atoms with Crippen LogP contribution in [0.15, 0.2) is 31.8 Å². The predicted octanol–water partition coefficient (Wildman–Crippen LogP) is 1.65. The highest BCUT2D eigenvalue weighted by atomic mass is 32.2. The molecule has 0 saturated carbocycles.